The summed E-state index contributed by atoms with van der Waals surface area (Å²) in [4.78, 5) is 32.9. The van der Waals surface area contributed by atoms with Crippen molar-refractivity contribution >= 4 is 11.8 Å². The summed E-state index contributed by atoms with van der Waals surface area (Å²) in [6, 6.07) is 5.45. The Balaban J connectivity index is 1.17. The average Bonchev–Trinajstić information content (AvgIpc) is 3.28. The van der Waals surface area contributed by atoms with Crippen molar-refractivity contribution in [2.45, 2.75) is 74.9 Å². The van der Waals surface area contributed by atoms with Crippen LogP contribution in [0.2, 0.25) is 0 Å². The highest BCUT2D eigenvalue weighted by Crippen LogP contribution is 2.35. The summed E-state index contributed by atoms with van der Waals surface area (Å²) in [6.07, 6.45) is -0.130. The Kier molecular flexibility index (Phi) is 7.04. The van der Waals surface area contributed by atoms with Crippen LogP contribution in [-0.2, 0) is 27.0 Å². The first-order valence-corrected chi connectivity index (χ1v) is 12.9. The molecule has 1 aromatic rings. The maximum Gasteiger partial charge on any atom is 0.416 e. The second-order valence-electron chi connectivity index (χ2n) is 10.9. The average molecular weight is 509 g/mol. The quantitative estimate of drug-likeness (QED) is 0.678. The van der Waals surface area contributed by atoms with Gasteiger partial charge in [0.15, 0.2) is 0 Å². The van der Waals surface area contributed by atoms with E-state index in [1.165, 1.54) is 12.1 Å². The topological polar surface area (TPSA) is 65.1 Å². The molecule has 2 amide bonds. The van der Waals surface area contributed by atoms with Gasteiger partial charge in [-0.2, -0.15) is 13.2 Å². The van der Waals surface area contributed by atoms with Gasteiger partial charge in [-0.05, 0) is 56.8 Å². The van der Waals surface area contributed by atoms with Crippen LogP contribution in [0.4, 0.5) is 13.2 Å². The van der Waals surface area contributed by atoms with E-state index >= 15 is 0 Å². The number of ether oxygens (including phenoxy) is 1. The predicted molar refractivity (Wildman–Crippen MR) is 127 cm³/mol. The molecule has 0 radical (unpaired) electrons. The molecule has 4 heterocycles. The summed E-state index contributed by atoms with van der Waals surface area (Å²) in [5, 5.41) is 3.25. The minimum atomic E-state index is -4.34. The number of amides is 2. The second-order valence-corrected chi connectivity index (χ2v) is 10.9. The fourth-order valence-electron chi connectivity index (χ4n) is 6.30. The maximum atomic E-state index is 13.3. The van der Waals surface area contributed by atoms with Gasteiger partial charge in [-0.25, -0.2) is 0 Å². The van der Waals surface area contributed by atoms with Crippen molar-refractivity contribution in [2.75, 3.05) is 39.9 Å². The molecule has 1 aromatic carbocycles. The van der Waals surface area contributed by atoms with Gasteiger partial charge < -0.3 is 15.0 Å². The van der Waals surface area contributed by atoms with Gasteiger partial charge >= 0.3 is 6.18 Å². The number of hydrogen-bond donors (Lipinski definition) is 1. The number of likely N-dealkylation sites (N-methyl/N-ethyl adjacent to an activating group) is 1. The molecule has 10 heteroatoms. The van der Waals surface area contributed by atoms with Crippen LogP contribution in [0, 0.1) is 0 Å². The first-order chi connectivity index (χ1) is 17.1. The molecule has 1 spiro atoms. The van der Waals surface area contributed by atoms with Gasteiger partial charge in [0.1, 0.15) is 6.04 Å². The lowest BCUT2D eigenvalue weighted by atomic mass is 9.83. The lowest BCUT2D eigenvalue weighted by Crippen LogP contribution is -2.56. The van der Waals surface area contributed by atoms with Crippen LogP contribution in [0.15, 0.2) is 24.3 Å². The van der Waals surface area contributed by atoms with Crippen molar-refractivity contribution in [3.63, 3.8) is 0 Å². The van der Waals surface area contributed by atoms with Crippen LogP contribution in [0.5, 0.6) is 0 Å². The molecule has 5 rings (SSSR count). The fraction of sp³-hybridized carbons (Fsp3) is 0.692. The van der Waals surface area contributed by atoms with Gasteiger partial charge in [0, 0.05) is 51.5 Å². The zero-order valence-corrected chi connectivity index (χ0v) is 20.7. The summed E-state index contributed by atoms with van der Waals surface area (Å²) >= 11 is 0. The number of hydrogen-bond acceptors (Lipinski definition) is 5. The number of likely N-dealkylation sites (tertiary alicyclic amines) is 1. The van der Waals surface area contributed by atoms with Crippen LogP contribution in [0.25, 0.3) is 0 Å². The minimum Gasteiger partial charge on any atom is -0.381 e. The van der Waals surface area contributed by atoms with Gasteiger partial charge in [0.05, 0.1) is 17.5 Å². The van der Waals surface area contributed by atoms with E-state index in [0.29, 0.717) is 57.9 Å². The van der Waals surface area contributed by atoms with Gasteiger partial charge in [0.25, 0.3) is 0 Å². The predicted octanol–water partition coefficient (Wildman–Crippen LogP) is 2.64. The van der Waals surface area contributed by atoms with E-state index in [9.17, 15) is 22.8 Å². The van der Waals surface area contributed by atoms with E-state index in [1.54, 1.807) is 4.90 Å². The maximum absolute atomic E-state index is 13.3. The lowest BCUT2D eigenvalue weighted by molar-refractivity contribution is -0.137. The van der Waals surface area contributed by atoms with E-state index in [-0.39, 0.29) is 17.9 Å². The highest BCUT2D eigenvalue weighted by atomic mass is 19.4. The van der Waals surface area contributed by atoms with Gasteiger partial charge in [-0.15, -0.1) is 0 Å². The summed E-state index contributed by atoms with van der Waals surface area (Å²) in [7, 11) is 2.10. The van der Waals surface area contributed by atoms with Gasteiger partial charge in [0.2, 0.25) is 11.8 Å². The van der Waals surface area contributed by atoms with E-state index < -0.39 is 23.3 Å². The molecule has 0 aromatic heterocycles. The molecule has 0 unspecified atom stereocenters. The number of fused-ring (bicyclic) bond motifs is 1. The summed E-state index contributed by atoms with van der Waals surface area (Å²) in [6.45, 7) is 3.99. The molecule has 4 fully saturated rings. The summed E-state index contributed by atoms with van der Waals surface area (Å²) in [5.41, 5.74) is -0.373. The molecule has 198 valence electrons. The molecular weight excluding hydrogens is 473 g/mol. The van der Waals surface area contributed by atoms with E-state index in [0.717, 1.165) is 43.8 Å². The Hall–Kier alpha value is -2.17. The number of rotatable bonds is 4. The Morgan fingerprint density at radius 3 is 2.39 bits per heavy atom. The fourth-order valence-corrected chi connectivity index (χ4v) is 6.30. The molecule has 2 atom stereocenters. The van der Waals surface area contributed by atoms with Crippen molar-refractivity contribution in [3.05, 3.63) is 35.4 Å². The van der Waals surface area contributed by atoms with Crippen LogP contribution < -0.4 is 5.32 Å². The van der Waals surface area contributed by atoms with Gasteiger partial charge in [-0.1, -0.05) is 12.1 Å². The first-order valence-electron chi connectivity index (χ1n) is 12.9. The Labute approximate surface area is 209 Å². The normalized spacial score (nSPS) is 27.9. The number of piperidine rings is 1. The SMILES string of the molecule is CN(C1CCOCC1)[C@H]1C[C@H]2C(=O)NC3(CCN(Cc4ccc(C(F)(F)F)cc4)CC3)CC(=O)N2C1. The standard InChI is InChI=1S/C26H35F3N4O3/c1-31(20-6-12-36-13-7-20)21-14-22-24(35)30-25(15-23(34)33(22)17-21)8-10-32(11-9-25)16-18-2-4-19(5-3-18)26(27,28)29/h2-5,20-22H,6-17H2,1H3,(H,30,35)/t21-,22-/m0/s1. The van der Waals surface area contributed by atoms with Crippen molar-refractivity contribution in [3.8, 4) is 0 Å². The molecule has 4 aliphatic heterocycles. The molecule has 7 nitrogen and oxygen atoms in total. The summed E-state index contributed by atoms with van der Waals surface area (Å²) < 4.78 is 44.0. The largest absolute Gasteiger partial charge is 0.416 e. The Bertz CT molecular complexity index is 928. The first kappa shape index (κ1) is 25.5. The number of carbonyl (C=O) groups excluding carboxylic acids is 2. The van der Waals surface area contributed by atoms with Gasteiger partial charge in [-0.3, -0.25) is 19.4 Å². The zero-order valence-electron chi connectivity index (χ0n) is 20.7. The molecule has 0 saturated carbocycles. The number of benzene rings is 1. The van der Waals surface area contributed by atoms with Crippen LogP contribution in [-0.4, -0.2) is 90.1 Å². The third-order valence-corrected chi connectivity index (χ3v) is 8.62. The smallest absolute Gasteiger partial charge is 0.381 e. The third-order valence-electron chi connectivity index (χ3n) is 8.62. The zero-order chi connectivity index (χ0) is 25.5. The number of nitrogens with zero attached hydrogens (tertiary/aromatic N) is 3. The number of alkyl halides is 3. The number of nitrogens with one attached hydrogen (secondary N) is 1. The van der Waals surface area contributed by atoms with Crippen molar-refractivity contribution in [2.24, 2.45) is 0 Å². The number of carbonyl (C=O) groups is 2. The highest BCUT2D eigenvalue weighted by molar-refractivity contribution is 5.92. The number of halogens is 3. The second kappa shape index (κ2) is 9.95. The lowest BCUT2D eigenvalue weighted by Gasteiger charge is -2.41. The molecule has 0 bridgehead atoms. The molecule has 36 heavy (non-hydrogen) atoms. The molecule has 4 saturated heterocycles. The third kappa shape index (κ3) is 5.26. The van der Waals surface area contributed by atoms with E-state index in [4.69, 9.17) is 4.74 Å². The Morgan fingerprint density at radius 1 is 1.08 bits per heavy atom. The molecule has 1 N–H and O–H groups in total. The van der Waals surface area contributed by atoms with Crippen molar-refractivity contribution in [1.29, 1.82) is 0 Å². The van der Waals surface area contributed by atoms with Crippen molar-refractivity contribution < 1.29 is 27.5 Å². The van der Waals surface area contributed by atoms with Crippen LogP contribution in [0.3, 0.4) is 0 Å². The molecule has 0 aliphatic carbocycles. The van der Waals surface area contributed by atoms with Crippen LogP contribution in [0.1, 0.15) is 49.7 Å². The van der Waals surface area contributed by atoms with Crippen molar-refractivity contribution in [1.82, 2.24) is 20.0 Å². The molecule has 4 aliphatic rings. The monoisotopic (exact) mass is 508 g/mol. The minimum absolute atomic E-state index is 0.0393. The molecular formula is C26H35F3N4O3. The van der Waals surface area contributed by atoms with E-state index in [2.05, 4.69) is 22.2 Å². The van der Waals surface area contributed by atoms with Crippen LogP contribution >= 0.6 is 0 Å². The highest BCUT2D eigenvalue weighted by Gasteiger charge is 2.49. The van der Waals surface area contributed by atoms with E-state index in [1.807, 2.05) is 0 Å². The Morgan fingerprint density at radius 2 is 1.75 bits per heavy atom. The summed E-state index contributed by atoms with van der Waals surface area (Å²) in [5.74, 6) is -0.0164.